The van der Waals surface area contributed by atoms with E-state index < -0.39 is 29.7 Å². The number of nitrogens with zero attached hydrogens (tertiary/aromatic N) is 4. The third-order valence-corrected chi connectivity index (χ3v) is 10.4. The molecule has 14 nitrogen and oxygen atoms in total. The number of ketones is 1. The maximum atomic E-state index is 13.3. The Morgan fingerprint density at radius 2 is 1.67 bits per heavy atom. The van der Waals surface area contributed by atoms with Gasteiger partial charge in [-0.2, -0.15) is 0 Å². The lowest BCUT2D eigenvalue weighted by Gasteiger charge is -2.18. The lowest BCUT2D eigenvalue weighted by molar-refractivity contribution is -0.121. The molecule has 4 N–H and O–H groups in total. The number of halogens is 1. The number of imide groups is 1. The van der Waals surface area contributed by atoms with Gasteiger partial charge in [-0.25, -0.2) is 4.79 Å². The Balaban J connectivity index is 0.945. The van der Waals surface area contributed by atoms with Crippen molar-refractivity contribution in [3.63, 3.8) is 0 Å². The molecule has 54 heavy (non-hydrogen) atoms. The molecule has 0 fully saturated rings. The molecule has 274 valence electrons. The minimum atomic E-state index is -0.989. The number of carbonyl (C=O) groups is 5. The number of nitrogens with one attached hydrogen (secondary N) is 4. The first-order chi connectivity index (χ1) is 26.0. The molecule has 4 heterocycles. The second-order valence-electron chi connectivity index (χ2n) is 12.6. The number of ether oxygens (including phenoxy) is 1. The van der Waals surface area contributed by atoms with Crippen LogP contribution in [0.25, 0.3) is 5.00 Å². The van der Waals surface area contributed by atoms with Crippen molar-refractivity contribution in [3.05, 3.63) is 122 Å². The number of aliphatic imine (C=N–C) groups is 1. The Kier molecular flexibility index (Phi) is 10.1. The minimum Gasteiger partial charge on any atom is -0.456 e. The first-order valence-electron chi connectivity index (χ1n) is 16.9. The van der Waals surface area contributed by atoms with Crippen molar-refractivity contribution in [2.24, 2.45) is 4.99 Å². The molecule has 0 saturated carbocycles. The molecule has 7 rings (SSSR count). The van der Waals surface area contributed by atoms with Crippen LogP contribution in [0.15, 0.2) is 71.7 Å². The normalized spacial score (nSPS) is 14.6. The third-order valence-electron chi connectivity index (χ3n) is 8.98. The zero-order chi connectivity index (χ0) is 38.1. The molecule has 2 aromatic heterocycles. The predicted molar refractivity (Wildman–Crippen MR) is 201 cm³/mol. The Bertz CT molecular complexity index is 2380. The maximum Gasteiger partial charge on any atom is 0.315 e. The number of Topliss-reactive ketones (excluding diaryl/α,β-unsaturated/α-hetero) is 1. The van der Waals surface area contributed by atoms with E-state index in [4.69, 9.17) is 21.3 Å². The molecule has 2 aliphatic rings. The first-order valence-corrected chi connectivity index (χ1v) is 18.1. The van der Waals surface area contributed by atoms with Gasteiger partial charge in [0.25, 0.3) is 17.6 Å². The molecule has 0 unspecified atom stereocenters. The van der Waals surface area contributed by atoms with Crippen LogP contribution in [0, 0.1) is 20.8 Å². The van der Waals surface area contributed by atoms with Gasteiger partial charge in [-0.1, -0.05) is 41.9 Å². The van der Waals surface area contributed by atoms with Crippen molar-refractivity contribution in [3.8, 4) is 16.5 Å². The molecule has 0 aliphatic carbocycles. The lowest BCUT2D eigenvalue weighted by Crippen LogP contribution is -2.42. The minimum absolute atomic E-state index is 0.0116. The van der Waals surface area contributed by atoms with E-state index in [1.54, 1.807) is 35.6 Å². The van der Waals surface area contributed by atoms with Crippen molar-refractivity contribution < 1.29 is 28.7 Å². The number of carbonyl (C=O) groups excluding carboxylic acids is 5. The first kappa shape index (κ1) is 36.2. The van der Waals surface area contributed by atoms with Gasteiger partial charge >= 0.3 is 6.03 Å². The highest BCUT2D eigenvalue weighted by Gasteiger charge is 2.34. The van der Waals surface area contributed by atoms with Crippen LogP contribution in [-0.2, 0) is 16.1 Å². The molecule has 2 aliphatic heterocycles. The Hall–Kier alpha value is -6.19. The fraction of sp³-hybridized carbons (Fsp3) is 0.211. The van der Waals surface area contributed by atoms with Gasteiger partial charge in [0.15, 0.2) is 5.82 Å². The number of rotatable bonds is 10. The summed E-state index contributed by atoms with van der Waals surface area (Å²) in [7, 11) is 0. The second-order valence-corrected chi connectivity index (χ2v) is 14.2. The standard InChI is InChI=1S/C38H33ClN8O6S/c1-19-20(2)54-37-30(19)32(23-10-12-24(39)13-11-23)43-27(34-46-45-21(3)47(34)37)17-29(48)40-14-15-41-38(52)42-18-22-6-4-7-25(16-22)53-28-9-5-8-26-31(28)35(50)44-36(51)33(26)49/h4-13,16,27H,14-15,17-18H2,1-3H3,(H,40,48)(H2,41,42,52)(H,44,50,51)/t27-/m0/s1. The summed E-state index contributed by atoms with van der Waals surface area (Å²) >= 11 is 7.84. The van der Waals surface area contributed by atoms with Crippen molar-refractivity contribution in [1.82, 2.24) is 36.0 Å². The van der Waals surface area contributed by atoms with Gasteiger partial charge in [0.2, 0.25) is 5.91 Å². The highest BCUT2D eigenvalue weighted by Crippen LogP contribution is 2.39. The number of aryl methyl sites for hydroxylation is 2. The van der Waals surface area contributed by atoms with Gasteiger partial charge in [0, 0.05) is 46.2 Å². The molecule has 0 radical (unpaired) electrons. The summed E-state index contributed by atoms with van der Waals surface area (Å²) < 4.78 is 7.89. The Labute approximate surface area is 318 Å². The van der Waals surface area contributed by atoms with E-state index in [1.165, 1.54) is 18.2 Å². The highest BCUT2D eigenvalue weighted by atomic mass is 35.5. The summed E-state index contributed by atoms with van der Waals surface area (Å²) in [5.74, 6) is -1.06. The van der Waals surface area contributed by atoms with Crippen LogP contribution in [-0.4, -0.2) is 63.1 Å². The van der Waals surface area contributed by atoms with Crippen LogP contribution in [0.4, 0.5) is 4.79 Å². The quantitative estimate of drug-likeness (QED) is 0.0865. The van der Waals surface area contributed by atoms with Gasteiger partial charge in [-0.15, -0.1) is 21.5 Å². The molecule has 3 aromatic carbocycles. The van der Waals surface area contributed by atoms with Crippen molar-refractivity contribution in [2.45, 2.75) is 39.8 Å². The summed E-state index contributed by atoms with van der Waals surface area (Å²) in [6.07, 6.45) is 0.0116. The zero-order valence-corrected chi connectivity index (χ0v) is 30.9. The van der Waals surface area contributed by atoms with Crippen molar-refractivity contribution in [2.75, 3.05) is 13.1 Å². The summed E-state index contributed by atoms with van der Waals surface area (Å²) in [4.78, 5) is 68.6. The van der Waals surface area contributed by atoms with Gasteiger partial charge in [0.1, 0.15) is 28.4 Å². The van der Waals surface area contributed by atoms with E-state index in [2.05, 4.69) is 40.0 Å². The fourth-order valence-electron chi connectivity index (χ4n) is 6.23. The zero-order valence-electron chi connectivity index (χ0n) is 29.3. The molecule has 5 amide bonds. The van der Waals surface area contributed by atoms with E-state index in [0.717, 1.165) is 32.3 Å². The van der Waals surface area contributed by atoms with E-state index in [-0.39, 0.29) is 48.8 Å². The second kappa shape index (κ2) is 15.0. The maximum absolute atomic E-state index is 13.3. The monoisotopic (exact) mass is 764 g/mol. The third kappa shape index (κ3) is 7.23. The number of aromatic nitrogens is 3. The number of thiophene rings is 1. The summed E-state index contributed by atoms with van der Waals surface area (Å²) in [5, 5.41) is 20.7. The average molecular weight is 765 g/mol. The number of fused-ring (bicyclic) bond motifs is 4. The molecule has 16 heteroatoms. The Morgan fingerprint density at radius 3 is 2.46 bits per heavy atom. The molecular formula is C38H33ClN8O6S. The van der Waals surface area contributed by atoms with Crippen LogP contribution in [0.1, 0.15) is 72.0 Å². The van der Waals surface area contributed by atoms with Crippen molar-refractivity contribution >= 4 is 58.2 Å². The van der Waals surface area contributed by atoms with Gasteiger partial charge in [-0.3, -0.25) is 34.1 Å². The van der Waals surface area contributed by atoms with Gasteiger partial charge in [0.05, 0.1) is 17.7 Å². The van der Waals surface area contributed by atoms with Gasteiger partial charge in [-0.05, 0) is 68.3 Å². The smallest absolute Gasteiger partial charge is 0.315 e. The summed E-state index contributed by atoms with van der Waals surface area (Å²) in [6, 6.07) is 17.7. The number of amides is 5. The number of benzene rings is 3. The van der Waals surface area contributed by atoms with E-state index in [9.17, 15) is 24.0 Å². The predicted octanol–water partition coefficient (Wildman–Crippen LogP) is 5.05. The molecule has 0 bridgehead atoms. The summed E-state index contributed by atoms with van der Waals surface area (Å²) in [5.41, 5.74) is 4.33. The topological polar surface area (TPSA) is 186 Å². The van der Waals surface area contributed by atoms with Gasteiger partial charge < -0.3 is 20.7 Å². The number of hydrogen-bond acceptors (Lipinski definition) is 10. The number of hydrogen-bond donors (Lipinski definition) is 4. The van der Waals surface area contributed by atoms with Crippen LogP contribution in [0.2, 0.25) is 5.02 Å². The largest absolute Gasteiger partial charge is 0.456 e. The SMILES string of the molecule is Cc1sc2c(c1C)C(c1ccc(Cl)cc1)=N[C@@H](CC(=O)NCCNC(=O)NCc1cccc(Oc3cccc4c3C(=O)NC(=O)C4=O)c1)c1nnc(C)n1-2. The lowest BCUT2D eigenvalue weighted by atomic mass is 9.98. The van der Waals surface area contributed by atoms with E-state index in [0.29, 0.717) is 28.0 Å². The number of urea groups is 1. The van der Waals surface area contributed by atoms with Crippen LogP contribution in [0.5, 0.6) is 11.5 Å². The highest BCUT2D eigenvalue weighted by molar-refractivity contribution is 7.15. The Morgan fingerprint density at radius 1 is 0.907 bits per heavy atom. The molecule has 0 saturated heterocycles. The van der Waals surface area contributed by atoms with Crippen LogP contribution in [0.3, 0.4) is 0 Å². The fourth-order valence-corrected chi connectivity index (χ4v) is 7.57. The molecule has 5 aromatic rings. The van der Waals surface area contributed by atoms with Crippen molar-refractivity contribution in [1.29, 1.82) is 0 Å². The summed E-state index contributed by atoms with van der Waals surface area (Å²) in [6.45, 7) is 6.50. The average Bonchev–Trinajstić information content (AvgIpc) is 3.63. The van der Waals surface area contributed by atoms with Crippen LogP contribution < -0.4 is 26.0 Å². The molecule has 0 spiro atoms. The van der Waals surface area contributed by atoms with Crippen LogP contribution >= 0.6 is 22.9 Å². The van der Waals surface area contributed by atoms with E-state index in [1.807, 2.05) is 41.1 Å². The van der Waals surface area contributed by atoms with E-state index >= 15 is 0 Å². The molecular weight excluding hydrogens is 732 g/mol. The molecule has 1 atom stereocenters.